The smallest absolute Gasteiger partial charge is 0.237 e. The second-order valence-corrected chi connectivity index (χ2v) is 7.21. The van der Waals surface area contributed by atoms with Crippen LogP contribution in [0, 0.1) is 0 Å². The summed E-state index contributed by atoms with van der Waals surface area (Å²) in [6, 6.07) is 5.89. The molecule has 0 aromatic carbocycles. The van der Waals surface area contributed by atoms with Crippen LogP contribution in [0.3, 0.4) is 0 Å². The van der Waals surface area contributed by atoms with Crippen LogP contribution >= 0.6 is 11.9 Å². The SMILES string of the molecule is CC.COc1ncc(-c2cnc(N)c(NC(C)c3ccc4nccn4c3)n2)cc1NSC. The van der Waals surface area contributed by atoms with Crippen LogP contribution in [0.2, 0.25) is 0 Å². The van der Waals surface area contributed by atoms with Gasteiger partial charge in [0.2, 0.25) is 5.88 Å². The number of rotatable bonds is 7. The summed E-state index contributed by atoms with van der Waals surface area (Å²) in [5.74, 6) is 1.36. The Balaban J connectivity index is 0.00000141. The summed E-state index contributed by atoms with van der Waals surface area (Å²) in [7, 11) is 1.58. The van der Waals surface area contributed by atoms with Crippen molar-refractivity contribution in [3.05, 3.63) is 54.7 Å². The van der Waals surface area contributed by atoms with Crippen LogP contribution in [0.5, 0.6) is 5.88 Å². The maximum absolute atomic E-state index is 6.09. The van der Waals surface area contributed by atoms with Gasteiger partial charge in [-0.1, -0.05) is 31.9 Å². The summed E-state index contributed by atoms with van der Waals surface area (Å²) in [5.41, 5.74) is 10.3. The largest absolute Gasteiger partial charge is 0.480 e. The summed E-state index contributed by atoms with van der Waals surface area (Å²) < 4.78 is 10.4. The number of pyridine rings is 2. The van der Waals surface area contributed by atoms with Crippen molar-refractivity contribution in [3.8, 4) is 17.1 Å². The third-order valence-electron chi connectivity index (χ3n) is 4.62. The Morgan fingerprint density at radius 3 is 2.72 bits per heavy atom. The minimum atomic E-state index is -0.0358. The first-order valence-electron chi connectivity index (χ1n) is 10.2. The number of nitrogens with one attached hydrogen (secondary N) is 2. The normalized spacial score (nSPS) is 11.4. The zero-order valence-corrected chi connectivity index (χ0v) is 19.6. The van der Waals surface area contributed by atoms with Crippen LogP contribution in [0.1, 0.15) is 32.4 Å². The molecule has 32 heavy (non-hydrogen) atoms. The van der Waals surface area contributed by atoms with E-state index in [4.69, 9.17) is 10.5 Å². The monoisotopic (exact) mass is 452 g/mol. The number of fused-ring (bicyclic) bond motifs is 1. The molecule has 0 aliphatic heterocycles. The van der Waals surface area contributed by atoms with Crippen LogP contribution in [0.15, 0.2) is 49.2 Å². The van der Waals surface area contributed by atoms with Gasteiger partial charge < -0.3 is 24.9 Å². The molecule has 4 rings (SSSR count). The van der Waals surface area contributed by atoms with Gasteiger partial charge in [-0.25, -0.2) is 19.9 Å². The Bertz CT molecular complexity index is 1180. The maximum atomic E-state index is 6.09. The molecule has 0 bridgehead atoms. The highest BCUT2D eigenvalue weighted by Gasteiger charge is 2.14. The van der Waals surface area contributed by atoms with Crippen molar-refractivity contribution < 1.29 is 4.74 Å². The number of ether oxygens (including phenoxy) is 1. The van der Waals surface area contributed by atoms with Gasteiger partial charge in [-0.05, 0) is 24.6 Å². The van der Waals surface area contributed by atoms with E-state index in [1.54, 1.807) is 25.7 Å². The predicted molar refractivity (Wildman–Crippen MR) is 132 cm³/mol. The van der Waals surface area contributed by atoms with E-state index in [1.165, 1.54) is 11.9 Å². The average Bonchev–Trinajstić information content (AvgIpc) is 3.30. The number of anilines is 3. The van der Waals surface area contributed by atoms with Crippen LogP contribution in [-0.4, -0.2) is 37.7 Å². The van der Waals surface area contributed by atoms with E-state index in [-0.39, 0.29) is 6.04 Å². The van der Waals surface area contributed by atoms with E-state index in [1.807, 2.05) is 62.0 Å². The highest BCUT2D eigenvalue weighted by atomic mass is 32.2. The van der Waals surface area contributed by atoms with E-state index in [0.29, 0.717) is 23.2 Å². The van der Waals surface area contributed by atoms with E-state index < -0.39 is 0 Å². The molecule has 9 nitrogen and oxygen atoms in total. The number of methoxy groups -OCH3 is 1. The van der Waals surface area contributed by atoms with Crippen molar-refractivity contribution in [3.63, 3.8) is 0 Å². The molecule has 0 fully saturated rings. The van der Waals surface area contributed by atoms with E-state index in [0.717, 1.165) is 22.5 Å². The highest BCUT2D eigenvalue weighted by molar-refractivity contribution is 7.99. The van der Waals surface area contributed by atoms with Crippen LogP contribution in [0.4, 0.5) is 17.3 Å². The first kappa shape index (κ1) is 23.1. The molecule has 0 aliphatic carbocycles. The fraction of sp³-hybridized carbons (Fsp3) is 0.273. The number of nitrogen functional groups attached to an aromatic ring is 1. The second-order valence-electron chi connectivity index (χ2n) is 6.60. The maximum Gasteiger partial charge on any atom is 0.237 e. The molecule has 0 radical (unpaired) electrons. The number of imidazole rings is 1. The molecular weight excluding hydrogens is 424 g/mol. The van der Waals surface area contributed by atoms with Gasteiger partial charge in [0.15, 0.2) is 11.6 Å². The minimum Gasteiger partial charge on any atom is -0.480 e. The van der Waals surface area contributed by atoms with E-state index >= 15 is 0 Å². The van der Waals surface area contributed by atoms with Crippen LogP contribution < -0.4 is 20.5 Å². The Kier molecular flexibility index (Phi) is 7.72. The molecule has 4 aromatic heterocycles. The number of hydrogen-bond donors (Lipinski definition) is 3. The van der Waals surface area contributed by atoms with Gasteiger partial charge in [-0.15, -0.1) is 0 Å². The summed E-state index contributed by atoms with van der Waals surface area (Å²) in [6.07, 6.45) is 11.0. The van der Waals surface area contributed by atoms with Gasteiger partial charge in [0, 0.05) is 36.6 Å². The molecule has 0 saturated heterocycles. The zero-order chi connectivity index (χ0) is 23.1. The fourth-order valence-corrected chi connectivity index (χ4v) is 3.43. The first-order chi connectivity index (χ1) is 15.6. The molecule has 0 aliphatic rings. The topological polar surface area (TPSA) is 115 Å². The average molecular weight is 453 g/mol. The summed E-state index contributed by atoms with van der Waals surface area (Å²) in [6.45, 7) is 6.04. The minimum absolute atomic E-state index is 0.0358. The number of hydrogen-bond acceptors (Lipinski definition) is 9. The highest BCUT2D eigenvalue weighted by Crippen LogP contribution is 2.30. The lowest BCUT2D eigenvalue weighted by Crippen LogP contribution is -2.12. The third kappa shape index (κ3) is 5.02. The molecule has 4 N–H and O–H groups in total. The predicted octanol–water partition coefficient (Wildman–Crippen LogP) is 4.67. The standard InChI is InChI=1S/C20H22N8OS.C2H6/c1-12(13-4-5-17-22-6-7-28(17)11-13)25-19-18(21)23-10-16(26-19)14-8-15(27-30-3)20(29-2)24-9-14;1-2/h4-12,27H,1-3H3,(H2,21,23)(H,25,26);1-2H3. The van der Waals surface area contributed by atoms with Crippen LogP contribution in [-0.2, 0) is 0 Å². The van der Waals surface area contributed by atoms with E-state index in [2.05, 4.69) is 30.0 Å². The lowest BCUT2D eigenvalue weighted by molar-refractivity contribution is 0.400. The third-order valence-corrected chi connectivity index (χ3v) is 5.04. The van der Waals surface area contributed by atoms with Gasteiger partial charge in [-0.2, -0.15) is 0 Å². The van der Waals surface area contributed by atoms with Gasteiger partial charge in [0.25, 0.3) is 0 Å². The Morgan fingerprint density at radius 2 is 1.97 bits per heavy atom. The molecule has 4 heterocycles. The zero-order valence-electron chi connectivity index (χ0n) is 18.8. The van der Waals surface area contributed by atoms with Crippen molar-refractivity contribution in [2.24, 2.45) is 0 Å². The van der Waals surface area contributed by atoms with Gasteiger partial charge >= 0.3 is 0 Å². The van der Waals surface area contributed by atoms with Gasteiger partial charge in [0.05, 0.1) is 25.0 Å². The molecule has 0 spiro atoms. The summed E-state index contributed by atoms with van der Waals surface area (Å²) >= 11 is 1.46. The number of nitrogens with two attached hydrogens (primary N) is 1. The molecule has 0 saturated carbocycles. The summed E-state index contributed by atoms with van der Waals surface area (Å²) in [5, 5.41) is 3.36. The van der Waals surface area contributed by atoms with Crippen molar-refractivity contribution >= 4 is 34.9 Å². The Morgan fingerprint density at radius 1 is 1.16 bits per heavy atom. The van der Waals surface area contributed by atoms with Crippen molar-refractivity contribution in [2.75, 3.05) is 29.1 Å². The van der Waals surface area contributed by atoms with Crippen molar-refractivity contribution in [1.82, 2.24) is 24.3 Å². The van der Waals surface area contributed by atoms with Crippen LogP contribution in [0.25, 0.3) is 16.9 Å². The molecule has 1 unspecified atom stereocenters. The van der Waals surface area contributed by atoms with Gasteiger partial charge in [-0.3, -0.25) is 0 Å². The first-order valence-corrected chi connectivity index (χ1v) is 11.5. The van der Waals surface area contributed by atoms with E-state index in [9.17, 15) is 0 Å². The Labute approximate surface area is 192 Å². The number of nitrogens with zero attached hydrogens (tertiary/aromatic N) is 5. The molecule has 1 atom stereocenters. The number of aromatic nitrogens is 5. The lowest BCUT2D eigenvalue weighted by Gasteiger charge is -2.17. The fourth-order valence-electron chi connectivity index (χ4n) is 3.06. The molecule has 10 heteroatoms. The molecular formula is C22H28N8OS. The lowest BCUT2D eigenvalue weighted by atomic mass is 10.1. The summed E-state index contributed by atoms with van der Waals surface area (Å²) in [4.78, 5) is 17.6. The van der Waals surface area contributed by atoms with Crippen molar-refractivity contribution in [1.29, 1.82) is 0 Å². The molecule has 168 valence electrons. The second kappa shape index (κ2) is 10.7. The van der Waals surface area contributed by atoms with Crippen molar-refractivity contribution in [2.45, 2.75) is 26.8 Å². The Hall–Kier alpha value is -3.53. The molecule has 4 aromatic rings. The molecule has 0 amide bonds. The van der Waals surface area contributed by atoms with Gasteiger partial charge in [0.1, 0.15) is 11.3 Å². The quantitative estimate of drug-likeness (QED) is 0.344.